The molecule has 0 bridgehead atoms. The molecular weight excluding hydrogens is 370 g/mol. The highest BCUT2D eigenvalue weighted by atomic mass is 16.5. The molecule has 1 aliphatic heterocycles. The zero-order chi connectivity index (χ0) is 20.8. The van der Waals surface area contributed by atoms with Crippen LogP contribution in [0.4, 0.5) is 5.69 Å². The number of carbonyl (C=O) groups is 3. The van der Waals surface area contributed by atoms with Crippen molar-refractivity contribution in [3.63, 3.8) is 0 Å². The summed E-state index contributed by atoms with van der Waals surface area (Å²) in [5.41, 5.74) is 5.65. The first-order valence-corrected chi connectivity index (χ1v) is 9.42. The van der Waals surface area contributed by atoms with Gasteiger partial charge >= 0.3 is 5.97 Å². The number of hydrogen-bond acceptors (Lipinski definition) is 5. The van der Waals surface area contributed by atoms with Crippen molar-refractivity contribution in [2.45, 2.75) is 19.8 Å². The average molecular weight is 393 g/mol. The van der Waals surface area contributed by atoms with Crippen molar-refractivity contribution in [1.82, 2.24) is 5.43 Å². The van der Waals surface area contributed by atoms with E-state index in [1.165, 1.54) is 18.9 Å². The van der Waals surface area contributed by atoms with Gasteiger partial charge in [0.15, 0.2) is 0 Å². The van der Waals surface area contributed by atoms with Gasteiger partial charge < -0.3 is 9.64 Å². The number of benzene rings is 2. The van der Waals surface area contributed by atoms with E-state index < -0.39 is 11.9 Å². The maximum absolute atomic E-state index is 12.4. The molecule has 1 heterocycles. The highest BCUT2D eigenvalue weighted by Crippen LogP contribution is 2.25. The first-order valence-electron chi connectivity index (χ1n) is 9.42. The summed E-state index contributed by atoms with van der Waals surface area (Å²) in [5, 5.41) is 3.96. The number of rotatable bonds is 6. The van der Waals surface area contributed by atoms with E-state index in [4.69, 9.17) is 0 Å². The Labute approximate surface area is 169 Å². The standard InChI is InChI=1S/C22H23N3O4/c1-3-15-6-10-19(11-7-15)25-14-18(12-20(25)26)21(27)24-23-13-16-4-8-17(9-5-16)22(28)29-2/h4-11,13,18H,3,12,14H2,1-2H3,(H,24,27)/b23-13+. The third kappa shape index (κ3) is 4.87. The van der Waals surface area contributed by atoms with Gasteiger partial charge in [0.1, 0.15) is 0 Å². The van der Waals surface area contributed by atoms with Gasteiger partial charge in [-0.2, -0.15) is 5.10 Å². The van der Waals surface area contributed by atoms with Crippen LogP contribution >= 0.6 is 0 Å². The van der Waals surface area contributed by atoms with E-state index in [1.807, 2.05) is 24.3 Å². The smallest absolute Gasteiger partial charge is 0.337 e. The first kappa shape index (κ1) is 20.3. The fourth-order valence-corrected chi connectivity index (χ4v) is 3.13. The molecule has 3 rings (SSSR count). The Morgan fingerprint density at radius 3 is 2.48 bits per heavy atom. The molecule has 1 saturated heterocycles. The van der Waals surface area contributed by atoms with Crippen molar-refractivity contribution in [1.29, 1.82) is 0 Å². The Hall–Kier alpha value is -3.48. The zero-order valence-corrected chi connectivity index (χ0v) is 16.4. The molecular formula is C22H23N3O4. The van der Waals surface area contributed by atoms with Crippen LogP contribution in [-0.4, -0.2) is 37.7 Å². The van der Waals surface area contributed by atoms with Crippen molar-refractivity contribution in [3.05, 3.63) is 65.2 Å². The maximum atomic E-state index is 12.4. The number of ether oxygens (including phenoxy) is 1. The van der Waals surface area contributed by atoms with Crippen LogP contribution in [0, 0.1) is 5.92 Å². The fraction of sp³-hybridized carbons (Fsp3) is 0.273. The number of hydrogen-bond donors (Lipinski definition) is 1. The summed E-state index contributed by atoms with van der Waals surface area (Å²) in [5.74, 6) is -1.24. The van der Waals surface area contributed by atoms with Gasteiger partial charge in [0.2, 0.25) is 11.8 Å². The lowest BCUT2D eigenvalue weighted by molar-refractivity contribution is -0.126. The molecule has 0 aliphatic carbocycles. The Bertz CT molecular complexity index is 920. The van der Waals surface area contributed by atoms with Gasteiger partial charge in [0.05, 0.1) is 24.8 Å². The molecule has 1 aliphatic rings. The molecule has 29 heavy (non-hydrogen) atoms. The highest BCUT2D eigenvalue weighted by molar-refractivity contribution is 6.00. The van der Waals surface area contributed by atoms with Crippen LogP contribution in [0.1, 0.15) is 34.8 Å². The molecule has 0 radical (unpaired) electrons. The van der Waals surface area contributed by atoms with Crippen LogP contribution in [0.2, 0.25) is 0 Å². The lowest BCUT2D eigenvalue weighted by Crippen LogP contribution is -2.30. The van der Waals surface area contributed by atoms with Crippen LogP contribution in [0.5, 0.6) is 0 Å². The molecule has 1 N–H and O–H groups in total. The molecule has 1 atom stereocenters. The summed E-state index contributed by atoms with van der Waals surface area (Å²) in [7, 11) is 1.32. The van der Waals surface area contributed by atoms with Gasteiger partial charge in [0.25, 0.3) is 0 Å². The fourth-order valence-electron chi connectivity index (χ4n) is 3.13. The van der Waals surface area contributed by atoms with Crippen molar-refractivity contribution < 1.29 is 19.1 Å². The summed E-state index contributed by atoms with van der Waals surface area (Å²) in [6, 6.07) is 14.4. The van der Waals surface area contributed by atoms with Crippen molar-refractivity contribution in [2.24, 2.45) is 11.0 Å². The maximum Gasteiger partial charge on any atom is 0.337 e. The molecule has 7 nitrogen and oxygen atoms in total. The number of nitrogens with zero attached hydrogens (tertiary/aromatic N) is 2. The molecule has 1 unspecified atom stereocenters. The van der Waals surface area contributed by atoms with E-state index in [9.17, 15) is 14.4 Å². The minimum atomic E-state index is -0.452. The minimum absolute atomic E-state index is 0.0724. The van der Waals surface area contributed by atoms with Gasteiger partial charge in [-0.15, -0.1) is 0 Å². The number of hydrazone groups is 1. The van der Waals surface area contributed by atoms with Crippen LogP contribution < -0.4 is 10.3 Å². The van der Waals surface area contributed by atoms with Gasteiger partial charge in [-0.25, -0.2) is 10.2 Å². The summed E-state index contributed by atoms with van der Waals surface area (Å²) < 4.78 is 4.65. The number of amides is 2. The third-order valence-corrected chi connectivity index (χ3v) is 4.87. The predicted octanol–water partition coefficient (Wildman–Crippen LogP) is 2.54. The van der Waals surface area contributed by atoms with Gasteiger partial charge in [-0.1, -0.05) is 31.2 Å². The quantitative estimate of drug-likeness (QED) is 0.464. The van der Waals surface area contributed by atoms with Gasteiger partial charge in [0, 0.05) is 18.7 Å². The Morgan fingerprint density at radius 2 is 1.86 bits per heavy atom. The van der Waals surface area contributed by atoms with Crippen molar-refractivity contribution in [3.8, 4) is 0 Å². The molecule has 0 aromatic heterocycles. The van der Waals surface area contributed by atoms with E-state index in [0.717, 1.165) is 17.7 Å². The van der Waals surface area contributed by atoms with E-state index in [0.29, 0.717) is 12.1 Å². The van der Waals surface area contributed by atoms with Crippen molar-refractivity contribution in [2.75, 3.05) is 18.6 Å². The molecule has 0 saturated carbocycles. The van der Waals surface area contributed by atoms with Crippen LogP contribution in [0.25, 0.3) is 0 Å². The molecule has 7 heteroatoms. The Balaban J connectivity index is 1.56. The first-order chi connectivity index (χ1) is 14.0. The summed E-state index contributed by atoms with van der Waals surface area (Å²) >= 11 is 0. The molecule has 2 aromatic carbocycles. The molecule has 2 amide bonds. The summed E-state index contributed by atoms with van der Waals surface area (Å²) in [4.78, 5) is 37.8. The topological polar surface area (TPSA) is 88.1 Å². The number of esters is 1. The number of methoxy groups -OCH3 is 1. The van der Waals surface area contributed by atoms with Crippen LogP contribution in [0.15, 0.2) is 53.6 Å². The SMILES string of the molecule is CCc1ccc(N2CC(C(=O)N/N=C/c3ccc(C(=O)OC)cc3)CC2=O)cc1. The second-order valence-corrected chi connectivity index (χ2v) is 6.77. The van der Waals surface area contributed by atoms with E-state index >= 15 is 0 Å². The average Bonchev–Trinajstić information content (AvgIpc) is 3.15. The Morgan fingerprint density at radius 1 is 1.17 bits per heavy atom. The van der Waals surface area contributed by atoms with Crippen LogP contribution in [0.3, 0.4) is 0 Å². The van der Waals surface area contributed by atoms with Gasteiger partial charge in [-0.3, -0.25) is 9.59 Å². The van der Waals surface area contributed by atoms with E-state index in [1.54, 1.807) is 29.2 Å². The van der Waals surface area contributed by atoms with E-state index in [2.05, 4.69) is 22.2 Å². The van der Waals surface area contributed by atoms with Crippen molar-refractivity contribution >= 4 is 29.7 Å². The Kier molecular flexibility index (Phi) is 6.39. The highest BCUT2D eigenvalue weighted by Gasteiger charge is 2.35. The number of nitrogens with one attached hydrogen (secondary N) is 1. The molecule has 150 valence electrons. The lowest BCUT2D eigenvalue weighted by atomic mass is 10.1. The van der Waals surface area contributed by atoms with E-state index in [-0.39, 0.29) is 18.2 Å². The predicted molar refractivity (Wildman–Crippen MR) is 110 cm³/mol. The molecule has 1 fully saturated rings. The third-order valence-electron chi connectivity index (χ3n) is 4.87. The second-order valence-electron chi connectivity index (χ2n) is 6.77. The molecule has 0 spiro atoms. The van der Waals surface area contributed by atoms with Crippen LogP contribution in [-0.2, 0) is 20.7 Å². The van der Waals surface area contributed by atoms with Gasteiger partial charge in [-0.05, 0) is 41.8 Å². The number of carbonyl (C=O) groups excluding carboxylic acids is 3. The summed E-state index contributed by atoms with van der Waals surface area (Å²) in [6.07, 6.45) is 2.57. The summed E-state index contributed by atoms with van der Waals surface area (Å²) in [6.45, 7) is 2.41. The lowest BCUT2D eigenvalue weighted by Gasteiger charge is -2.16. The number of anilines is 1. The largest absolute Gasteiger partial charge is 0.465 e. The minimum Gasteiger partial charge on any atom is -0.465 e. The molecule has 2 aromatic rings. The number of aryl methyl sites for hydroxylation is 1. The normalized spacial score (nSPS) is 16.3. The monoisotopic (exact) mass is 393 g/mol. The second kappa shape index (κ2) is 9.14. The zero-order valence-electron chi connectivity index (χ0n) is 16.4.